The number of aromatic nitrogens is 1. The highest BCUT2D eigenvalue weighted by Gasteiger charge is 2.13. The summed E-state index contributed by atoms with van der Waals surface area (Å²) in [5.74, 6) is 0.769. The highest BCUT2D eigenvalue weighted by atomic mass is 35.5. The van der Waals surface area contributed by atoms with Crippen molar-refractivity contribution in [2.45, 2.75) is 38.7 Å². The van der Waals surface area contributed by atoms with Gasteiger partial charge in [-0.05, 0) is 36.5 Å². The summed E-state index contributed by atoms with van der Waals surface area (Å²) in [6.45, 7) is 1.54. The van der Waals surface area contributed by atoms with E-state index in [1.165, 1.54) is 32.1 Å². The molecule has 1 aromatic rings. The van der Waals surface area contributed by atoms with E-state index < -0.39 is 0 Å². The first kappa shape index (κ1) is 11.9. The van der Waals surface area contributed by atoms with Crippen LogP contribution in [0.1, 0.15) is 37.7 Å². The fraction of sp³-hybridized carbons (Fsp3) is 0.615. The van der Waals surface area contributed by atoms with Gasteiger partial charge in [0.25, 0.3) is 0 Å². The lowest BCUT2D eigenvalue weighted by atomic mass is 9.90. The van der Waals surface area contributed by atoms with E-state index in [-0.39, 0.29) is 0 Å². The highest BCUT2D eigenvalue weighted by Crippen LogP contribution is 2.24. The molecule has 0 aromatic carbocycles. The van der Waals surface area contributed by atoms with E-state index in [0.717, 1.165) is 18.1 Å². The standard InChI is InChI=1S/C13H18ClNO/c14-13-8-12(6-7-15-13)10-16-9-11-4-2-1-3-5-11/h6-8,11H,1-5,9-10H2. The SMILES string of the molecule is Clc1cc(COCC2CCCCC2)ccn1. The van der Waals surface area contributed by atoms with E-state index in [1.54, 1.807) is 6.20 Å². The van der Waals surface area contributed by atoms with Crippen molar-refractivity contribution >= 4 is 11.6 Å². The van der Waals surface area contributed by atoms with Crippen LogP contribution < -0.4 is 0 Å². The second-order valence-electron chi connectivity index (χ2n) is 4.51. The Kier molecular flexibility index (Phi) is 4.61. The topological polar surface area (TPSA) is 22.1 Å². The van der Waals surface area contributed by atoms with Crippen LogP contribution in [-0.4, -0.2) is 11.6 Å². The zero-order valence-corrected chi connectivity index (χ0v) is 10.2. The van der Waals surface area contributed by atoms with Crippen LogP contribution in [0.15, 0.2) is 18.3 Å². The molecular weight excluding hydrogens is 222 g/mol. The lowest BCUT2D eigenvalue weighted by Gasteiger charge is -2.21. The van der Waals surface area contributed by atoms with E-state index in [1.807, 2.05) is 12.1 Å². The molecule has 0 saturated heterocycles. The fourth-order valence-electron chi connectivity index (χ4n) is 2.23. The van der Waals surface area contributed by atoms with Crippen LogP contribution in [0.25, 0.3) is 0 Å². The normalized spacial score (nSPS) is 17.6. The summed E-state index contributed by atoms with van der Waals surface area (Å²) in [6.07, 6.45) is 8.52. The molecule has 0 bridgehead atoms. The Hall–Kier alpha value is -0.600. The van der Waals surface area contributed by atoms with Gasteiger partial charge >= 0.3 is 0 Å². The van der Waals surface area contributed by atoms with E-state index in [4.69, 9.17) is 16.3 Å². The molecule has 2 nitrogen and oxygen atoms in total. The van der Waals surface area contributed by atoms with Gasteiger partial charge in [0.15, 0.2) is 0 Å². The number of rotatable bonds is 4. The third-order valence-corrected chi connectivity index (χ3v) is 3.34. The van der Waals surface area contributed by atoms with Crippen LogP contribution in [0.2, 0.25) is 5.15 Å². The van der Waals surface area contributed by atoms with E-state index >= 15 is 0 Å². The van der Waals surface area contributed by atoms with Crippen molar-refractivity contribution in [1.29, 1.82) is 0 Å². The molecule has 1 aliphatic rings. The molecule has 1 saturated carbocycles. The summed E-state index contributed by atoms with van der Waals surface area (Å²) in [7, 11) is 0. The minimum absolute atomic E-state index is 0.541. The van der Waals surface area contributed by atoms with Crippen molar-refractivity contribution in [3.63, 3.8) is 0 Å². The first-order valence-electron chi connectivity index (χ1n) is 6.03. The lowest BCUT2D eigenvalue weighted by Crippen LogP contribution is -2.13. The number of nitrogens with zero attached hydrogens (tertiary/aromatic N) is 1. The van der Waals surface area contributed by atoms with Crippen LogP contribution in [0.4, 0.5) is 0 Å². The van der Waals surface area contributed by atoms with Crippen LogP contribution in [0, 0.1) is 5.92 Å². The Bertz CT molecular complexity index is 323. The minimum atomic E-state index is 0.541. The summed E-state index contributed by atoms with van der Waals surface area (Å²) in [5.41, 5.74) is 1.11. The predicted octanol–water partition coefficient (Wildman–Crippen LogP) is 3.83. The first-order valence-corrected chi connectivity index (χ1v) is 6.40. The number of hydrogen-bond acceptors (Lipinski definition) is 2. The zero-order chi connectivity index (χ0) is 11.2. The van der Waals surface area contributed by atoms with Crippen molar-refractivity contribution in [3.8, 4) is 0 Å². The second-order valence-corrected chi connectivity index (χ2v) is 4.89. The van der Waals surface area contributed by atoms with E-state index in [2.05, 4.69) is 4.98 Å². The van der Waals surface area contributed by atoms with Crippen LogP contribution in [0.5, 0.6) is 0 Å². The van der Waals surface area contributed by atoms with Crippen LogP contribution >= 0.6 is 11.6 Å². The number of ether oxygens (including phenoxy) is 1. The lowest BCUT2D eigenvalue weighted by molar-refractivity contribution is 0.0739. The van der Waals surface area contributed by atoms with Gasteiger partial charge in [-0.15, -0.1) is 0 Å². The van der Waals surface area contributed by atoms with Crippen molar-refractivity contribution in [2.75, 3.05) is 6.61 Å². The number of pyridine rings is 1. The smallest absolute Gasteiger partial charge is 0.129 e. The molecule has 0 amide bonds. The summed E-state index contributed by atoms with van der Waals surface area (Å²) in [5, 5.41) is 0.541. The Balaban J connectivity index is 1.71. The molecule has 1 aromatic heterocycles. The molecule has 2 rings (SSSR count). The molecule has 0 N–H and O–H groups in total. The largest absolute Gasteiger partial charge is 0.376 e. The summed E-state index contributed by atoms with van der Waals surface area (Å²) >= 11 is 5.81. The Morgan fingerprint density at radius 3 is 2.88 bits per heavy atom. The molecule has 0 radical (unpaired) electrons. The number of halogens is 1. The third-order valence-electron chi connectivity index (χ3n) is 3.14. The average Bonchev–Trinajstić information content (AvgIpc) is 2.30. The molecule has 16 heavy (non-hydrogen) atoms. The maximum atomic E-state index is 5.81. The predicted molar refractivity (Wildman–Crippen MR) is 65.5 cm³/mol. The van der Waals surface area contributed by atoms with Crippen molar-refractivity contribution in [2.24, 2.45) is 5.92 Å². The monoisotopic (exact) mass is 239 g/mol. The zero-order valence-electron chi connectivity index (χ0n) is 9.49. The summed E-state index contributed by atoms with van der Waals surface area (Å²) in [6, 6.07) is 3.81. The Labute approximate surface area is 102 Å². The molecule has 88 valence electrons. The Morgan fingerprint density at radius 2 is 2.12 bits per heavy atom. The van der Waals surface area contributed by atoms with Gasteiger partial charge in [0, 0.05) is 12.8 Å². The molecule has 0 aliphatic heterocycles. The highest BCUT2D eigenvalue weighted by molar-refractivity contribution is 6.29. The first-order chi connectivity index (χ1) is 7.84. The van der Waals surface area contributed by atoms with Gasteiger partial charge in [-0.25, -0.2) is 4.98 Å². The van der Waals surface area contributed by atoms with Gasteiger partial charge in [-0.2, -0.15) is 0 Å². The van der Waals surface area contributed by atoms with Gasteiger partial charge < -0.3 is 4.74 Å². The molecule has 0 atom stereocenters. The maximum absolute atomic E-state index is 5.81. The van der Waals surface area contributed by atoms with Gasteiger partial charge in [-0.3, -0.25) is 0 Å². The molecule has 1 heterocycles. The van der Waals surface area contributed by atoms with Gasteiger partial charge in [0.1, 0.15) is 5.15 Å². The molecule has 1 aliphatic carbocycles. The molecule has 0 unspecified atom stereocenters. The van der Waals surface area contributed by atoms with Gasteiger partial charge in [0.2, 0.25) is 0 Å². The number of hydrogen-bond donors (Lipinski definition) is 0. The molecular formula is C13H18ClNO. The van der Waals surface area contributed by atoms with E-state index in [0.29, 0.717) is 11.8 Å². The average molecular weight is 240 g/mol. The molecule has 3 heteroatoms. The van der Waals surface area contributed by atoms with Crippen LogP contribution in [-0.2, 0) is 11.3 Å². The minimum Gasteiger partial charge on any atom is -0.376 e. The molecule has 1 fully saturated rings. The Morgan fingerprint density at radius 1 is 1.31 bits per heavy atom. The van der Waals surface area contributed by atoms with Gasteiger partial charge in [0.05, 0.1) is 6.61 Å². The van der Waals surface area contributed by atoms with Gasteiger partial charge in [-0.1, -0.05) is 30.9 Å². The maximum Gasteiger partial charge on any atom is 0.129 e. The quantitative estimate of drug-likeness (QED) is 0.745. The van der Waals surface area contributed by atoms with E-state index in [9.17, 15) is 0 Å². The third kappa shape index (κ3) is 3.76. The van der Waals surface area contributed by atoms with Crippen molar-refractivity contribution in [3.05, 3.63) is 29.0 Å². The van der Waals surface area contributed by atoms with Crippen molar-refractivity contribution in [1.82, 2.24) is 4.98 Å². The summed E-state index contributed by atoms with van der Waals surface area (Å²) < 4.78 is 5.73. The van der Waals surface area contributed by atoms with Crippen LogP contribution in [0.3, 0.4) is 0 Å². The second kappa shape index (κ2) is 6.21. The van der Waals surface area contributed by atoms with Crippen molar-refractivity contribution < 1.29 is 4.74 Å². The molecule has 0 spiro atoms. The fourth-order valence-corrected chi connectivity index (χ4v) is 2.43. The summed E-state index contributed by atoms with van der Waals surface area (Å²) in [4.78, 5) is 3.95.